The summed E-state index contributed by atoms with van der Waals surface area (Å²) in [5, 5.41) is 8.36. The Morgan fingerprint density at radius 1 is 1.60 bits per heavy atom. The van der Waals surface area contributed by atoms with Crippen LogP contribution in [-0.2, 0) is 0 Å². The molecule has 0 amide bonds. The van der Waals surface area contributed by atoms with Crippen LogP contribution in [0.5, 0.6) is 0 Å². The molecule has 1 aromatic rings. The number of nitrogens with one attached hydrogen (secondary N) is 1. The third kappa shape index (κ3) is 1.45. The van der Waals surface area contributed by atoms with Gasteiger partial charge in [-0.25, -0.2) is 0 Å². The standard InChI is InChI=1S/C6H3BrN2O/c7-5-1-4(3-8)2-6(10)9-5/h1-2H,(H,9,10). The smallest absolute Gasteiger partial charge is 0.250 e. The molecule has 1 N–H and O–H groups in total. The van der Waals surface area contributed by atoms with E-state index in [1.54, 1.807) is 6.07 Å². The number of rotatable bonds is 0. The molecule has 3 nitrogen and oxygen atoms in total. The number of hydrogen-bond acceptors (Lipinski definition) is 2. The van der Waals surface area contributed by atoms with Crippen LogP contribution < -0.4 is 5.56 Å². The predicted octanol–water partition coefficient (Wildman–Crippen LogP) is 1.01. The van der Waals surface area contributed by atoms with Crippen LogP contribution in [0.2, 0.25) is 0 Å². The molecule has 0 aliphatic heterocycles. The van der Waals surface area contributed by atoms with Crippen molar-refractivity contribution in [3.8, 4) is 6.07 Å². The van der Waals surface area contributed by atoms with Crippen LogP contribution in [0.25, 0.3) is 0 Å². The first-order chi connectivity index (χ1) is 4.72. The molecule has 0 aromatic carbocycles. The molecule has 0 spiro atoms. The minimum absolute atomic E-state index is 0.272. The van der Waals surface area contributed by atoms with Crippen molar-refractivity contribution in [2.75, 3.05) is 0 Å². The SMILES string of the molecule is N#Cc1cc(Br)[nH]c(=O)c1. The largest absolute Gasteiger partial charge is 0.317 e. The fraction of sp³-hybridized carbons (Fsp3) is 0. The van der Waals surface area contributed by atoms with Crippen LogP contribution in [-0.4, -0.2) is 4.98 Å². The van der Waals surface area contributed by atoms with Crippen molar-refractivity contribution in [1.29, 1.82) is 5.26 Å². The molecule has 1 heterocycles. The lowest BCUT2D eigenvalue weighted by Crippen LogP contribution is -2.03. The van der Waals surface area contributed by atoms with Crippen molar-refractivity contribution in [3.63, 3.8) is 0 Å². The topological polar surface area (TPSA) is 56.6 Å². The molecule has 0 atom stereocenters. The number of nitriles is 1. The van der Waals surface area contributed by atoms with Gasteiger partial charge >= 0.3 is 0 Å². The van der Waals surface area contributed by atoms with E-state index in [0.29, 0.717) is 10.2 Å². The highest BCUT2D eigenvalue weighted by molar-refractivity contribution is 9.10. The van der Waals surface area contributed by atoms with Gasteiger partial charge in [0.05, 0.1) is 16.2 Å². The zero-order valence-electron chi connectivity index (χ0n) is 4.89. The number of aromatic nitrogens is 1. The molecule has 0 saturated heterocycles. The molecule has 1 rings (SSSR count). The van der Waals surface area contributed by atoms with Gasteiger partial charge in [0.2, 0.25) is 5.56 Å². The molecule has 0 bridgehead atoms. The van der Waals surface area contributed by atoms with Crippen LogP contribution >= 0.6 is 15.9 Å². The van der Waals surface area contributed by atoms with Gasteiger partial charge in [-0.2, -0.15) is 5.26 Å². The van der Waals surface area contributed by atoms with Gasteiger partial charge in [0, 0.05) is 6.07 Å². The fourth-order valence-corrected chi connectivity index (χ4v) is 1.02. The zero-order chi connectivity index (χ0) is 7.56. The van der Waals surface area contributed by atoms with Crippen molar-refractivity contribution in [1.82, 2.24) is 4.98 Å². The van der Waals surface area contributed by atoms with Gasteiger partial charge in [0.1, 0.15) is 0 Å². The number of nitrogens with zero attached hydrogens (tertiary/aromatic N) is 1. The predicted molar refractivity (Wildman–Crippen MR) is 39.5 cm³/mol. The van der Waals surface area contributed by atoms with E-state index in [1.165, 1.54) is 6.07 Å². The maximum absolute atomic E-state index is 10.6. The van der Waals surface area contributed by atoms with Gasteiger partial charge in [-0.1, -0.05) is 0 Å². The maximum Gasteiger partial charge on any atom is 0.250 e. The Morgan fingerprint density at radius 2 is 2.30 bits per heavy atom. The monoisotopic (exact) mass is 198 g/mol. The molecule has 1 aromatic heterocycles. The molecule has 50 valence electrons. The second-order valence-electron chi connectivity index (χ2n) is 1.69. The van der Waals surface area contributed by atoms with Gasteiger partial charge < -0.3 is 4.98 Å². The summed E-state index contributed by atoms with van der Waals surface area (Å²) >= 11 is 3.05. The van der Waals surface area contributed by atoms with E-state index in [4.69, 9.17) is 5.26 Å². The second kappa shape index (κ2) is 2.67. The lowest BCUT2D eigenvalue weighted by Gasteiger charge is -1.88. The average molecular weight is 199 g/mol. The molecule has 0 radical (unpaired) electrons. The quantitative estimate of drug-likeness (QED) is 0.633. The third-order valence-corrected chi connectivity index (χ3v) is 1.37. The van der Waals surface area contributed by atoms with Crippen LogP contribution in [0, 0.1) is 11.3 Å². The van der Waals surface area contributed by atoms with E-state index in [1.807, 2.05) is 6.07 Å². The molecule has 0 aliphatic rings. The number of halogens is 1. The summed E-state index contributed by atoms with van der Waals surface area (Å²) in [6.07, 6.45) is 0. The van der Waals surface area contributed by atoms with E-state index in [9.17, 15) is 4.79 Å². The van der Waals surface area contributed by atoms with Gasteiger partial charge in [-0.3, -0.25) is 4.79 Å². The second-order valence-corrected chi connectivity index (χ2v) is 2.55. The molecular weight excluding hydrogens is 196 g/mol. The number of H-pyrrole nitrogens is 1. The number of pyridine rings is 1. The van der Waals surface area contributed by atoms with Crippen LogP contribution in [0.3, 0.4) is 0 Å². The number of hydrogen-bond donors (Lipinski definition) is 1. The normalized spacial score (nSPS) is 8.80. The van der Waals surface area contributed by atoms with Crippen molar-refractivity contribution < 1.29 is 0 Å². The van der Waals surface area contributed by atoms with Crippen molar-refractivity contribution in [2.45, 2.75) is 0 Å². The molecule has 0 aliphatic carbocycles. The van der Waals surface area contributed by atoms with Crippen molar-refractivity contribution in [2.24, 2.45) is 0 Å². The van der Waals surface area contributed by atoms with Gasteiger partial charge in [0.15, 0.2) is 0 Å². The van der Waals surface area contributed by atoms with Gasteiger partial charge in [-0.15, -0.1) is 0 Å². The number of aromatic amines is 1. The van der Waals surface area contributed by atoms with E-state index < -0.39 is 0 Å². The van der Waals surface area contributed by atoms with Crippen molar-refractivity contribution in [3.05, 3.63) is 32.7 Å². The Morgan fingerprint density at radius 3 is 2.80 bits per heavy atom. The van der Waals surface area contributed by atoms with E-state index in [-0.39, 0.29) is 5.56 Å². The van der Waals surface area contributed by atoms with Crippen LogP contribution in [0.1, 0.15) is 5.56 Å². The molecule has 0 unspecified atom stereocenters. The average Bonchev–Trinajstić information content (AvgIpc) is 1.85. The van der Waals surface area contributed by atoms with Gasteiger partial charge in [-0.05, 0) is 22.0 Å². The Hall–Kier alpha value is -1.08. The lowest BCUT2D eigenvalue weighted by molar-refractivity contribution is 1.19. The van der Waals surface area contributed by atoms with Crippen LogP contribution in [0.4, 0.5) is 0 Å². The molecule has 0 saturated carbocycles. The highest BCUT2D eigenvalue weighted by Gasteiger charge is 1.92. The fourth-order valence-electron chi connectivity index (χ4n) is 0.574. The lowest BCUT2D eigenvalue weighted by atomic mass is 10.3. The Balaban J connectivity index is 3.36. The highest BCUT2D eigenvalue weighted by Crippen LogP contribution is 2.03. The Labute approximate surface area is 65.4 Å². The van der Waals surface area contributed by atoms with Crippen molar-refractivity contribution >= 4 is 15.9 Å². The minimum Gasteiger partial charge on any atom is -0.317 e. The summed E-state index contributed by atoms with van der Waals surface area (Å²) in [5.74, 6) is 0. The summed E-state index contributed by atoms with van der Waals surface area (Å²) < 4.78 is 0.525. The summed E-state index contributed by atoms with van der Waals surface area (Å²) in [7, 11) is 0. The summed E-state index contributed by atoms with van der Waals surface area (Å²) in [6.45, 7) is 0. The maximum atomic E-state index is 10.6. The van der Waals surface area contributed by atoms with Crippen LogP contribution in [0.15, 0.2) is 21.5 Å². The van der Waals surface area contributed by atoms with Gasteiger partial charge in [0.25, 0.3) is 0 Å². The molecular formula is C6H3BrN2O. The summed E-state index contributed by atoms with van der Waals surface area (Å²) in [4.78, 5) is 13.1. The summed E-state index contributed by atoms with van der Waals surface area (Å²) in [5.41, 5.74) is 0.0848. The van der Waals surface area contributed by atoms with E-state index in [2.05, 4.69) is 20.9 Å². The highest BCUT2D eigenvalue weighted by atomic mass is 79.9. The Bertz CT molecular complexity index is 336. The minimum atomic E-state index is -0.272. The first kappa shape index (κ1) is 7.03. The molecule has 0 fully saturated rings. The Kier molecular flexibility index (Phi) is 1.88. The van der Waals surface area contributed by atoms with E-state index in [0.717, 1.165) is 0 Å². The third-order valence-electron chi connectivity index (χ3n) is 0.941. The molecule has 4 heteroatoms. The molecule has 10 heavy (non-hydrogen) atoms. The summed E-state index contributed by atoms with van der Waals surface area (Å²) in [6, 6.07) is 4.64. The zero-order valence-corrected chi connectivity index (χ0v) is 6.47. The van der Waals surface area contributed by atoms with E-state index >= 15 is 0 Å². The first-order valence-electron chi connectivity index (χ1n) is 2.52. The first-order valence-corrected chi connectivity index (χ1v) is 3.31.